The third-order valence-electron chi connectivity index (χ3n) is 3.53. The minimum Gasteiger partial charge on any atom is -0.491 e. The number of ether oxygens (including phenoxy) is 1. The number of amides is 1. The lowest BCUT2D eigenvalue weighted by Gasteiger charge is -2.11. The summed E-state index contributed by atoms with van der Waals surface area (Å²) in [7, 11) is 0. The van der Waals surface area contributed by atoms with Crippen LogP contribution in [0.5, 0.6) is 5.75 Å². The lowest BCUT2D eigenvalue weighted by atomic mass is 10.1. The molecule has 0 bridgehead atoms. The first-order valence-electron chi connectivity index (χ1n) is 7.94. The highest BCUT2D eigenvalue weighted by Crippen LogP contribution is 2.23. The van der Waals surface area contributed by atoms with Gasteiger partial charge in [0, 0.05) is 36.5 Å². The molecule has 25 heavy (non-hydrogen) atoms. The average molecular weight is 338 g/mol. The first kappa shape index (κ1) is 16.7. The van der Waals surface area contributed by atoms with E-state index in [0.29, 0.717) is 23.3 Å². The van der Waals surface area contributed by atoms with Crippen LogP contribution in [0.1, 0.15) is 29.8 Å². The van der Waals surface area contributed by atoms with Crippen LogP contribution in [-0.2, 0) is 6.54 Å². The van der Waals surface area contributed by atoms with Crippen LogP contribution < -0.4 is 15.7 Å². The summed E-state index contributed by atoms with van der Waals surface area (Å²) in [6, 6.07) is 9.92. The molecule has 0 aliphatic heterocycles. The highest BCUT2D eigenvalue weighted by Gasteiger charge is 2.14. The van der Waals surface area contributed by atoms with Crippen LogP contribution in [0.2, 0.25) is 0 Å². The zero-order valence-electron chi connectivity index (χ0n) is 14.0. The number of carbonyl (C=O) groups excluding carboxylic acids is 1. The molecule has 0 fully saturated rings. The first-order chi connectivity index (χ1) is 12.0. The summed E-state index contributed by atoms with van der Waals surface area (Å²) in [5.74, 6) is 0.243. The van der Waals surface area contributed by atoms with E-state index < -0.39 is 5.63 Å². The van der Waals surface area contributed by atoms with Crippen LogP contribution in [0, 0.1) is 0 Å². The van der Waals surface area contributed by atoms with Gasteiger partial charge in [-0.15, -0.1) is 0 Å². The van der Waals surface area contributed by atoms with Gasteiger partial charge >= 0.3 is 5.63 Å². The van der Waals surface area contributed by atoms with Crippen molar-refractivity contribution in [2.75, 3.05) is 0 Å². The van der Waals surface area contributed by atoms with Crippen molar-refractivity contribution in [3.05, 3.63) is 70.3 Å². The molecule has 6 heteroatoms. The maximum Gasteiger partial charge on any atom is 0.337 e. The molecule has 1 aromatic carbocycles. The van der Waals surface area contributed by atoms with Crippen molar-refractivity contribution in [1.82, 2.24) is 10.3 Å². The number of carbonyl (C=O) groups is 1. The summed E-state index contributed by atoms with van der Waals surface area (Å²) >= 11 is 0. The SMILES string of the molecule is CC(C)Oc1ccc2c(C(=O)NCc3ccncc3)cc(=O)oc2c1. The van der Waals surface area contributed by atoms with Crippen molar-refractivity contribution < 1.29 is 13.9 Å². The number of pyridine rings is 1. The van der Waals surface area contributed by atoms with E-state index in [2.05, 4.69) is 10.3 Å². The van der Waals surface area contributed by atoms with Gasteiger partial charge in [0.1, 0.15) is 11.3 Å². The topological polar surface area (TPSA) is 81.4 Å². The molecule has 0 unspecified atom stereocenters. The molecule has 0 atom stereocenters. The second kappa shape index (κ2) is 7.17. The van der Waals surface area contributed by atoms with E-state index in [0.717, 1.165) is 5.56 Å². The van der Waals surface area contributed by atoms with Crippen molar-refractivity contribution in [1.29, 1.82) is 0 Å². The molecule has 2 aromatic heterocycles. The van der Waals surface area contributed by atoms with Crippen molar-refractivity contribution in [2.45, 2.75) is 26.5 Å². The molecule has 0 aliphatic rings. The molecule has 0 saturated heterocycles. The highest BCUT2D eigenvalue weighted by atomic mass is 16.5. The lowest BCUT2D eigenvalue weighted by molar-refractivity contribution is 0.0952. The number of rotatable bonds is 5. The predicted molar refractivity (Wildman–Crippen MR) is 93.7 cm³/mol. The van der Waals surface area contributed by atoms with Crippen molar-refractivity contribution in [2.24, 2.45) is 0 Å². The Morgan fingerprint density at radius 1 is 1.20 bits per heavy atom. The van der Waals surface area contributed by atoms with Crippen molar-refractivity contribution in [3.63, 3.8) is 0 Å². The second-order valence-corrected chi connectivity index (χ2v) is 5.84. The van der Waals surface area contributed by atoms with Crippen LogP contribution in [-0.4, -0.2) is 17.0 Å². The van der Waals surface area contributed by atoms with Crippen LogP contribution in [0.4, 0.5) is 0 Å². The summed E-state index contributed by atoms with van der Waals surface area (Å²) in [4.78, 5) is 28.3. The molecule has 0 aliphatic carbocycles. The molecule has 128 valence electrons. The lowest BCUT2D eigenvalue weighted by Crippen LogP contribution is -2.24. The zero-order valence-corrected chi connectivity index (χ0v) is 14.0. The predicted octanol–water partition coefficient (Wildman–Crippen LogP) is 2.91. The van der Waals surface area contributed by atoms with E-state index in [1.165, 1.54) is 6.07 Å². The fourth-order valence-corrected chi connectivity index (χ4v) is 2.45. The van der Waals surface area contributed by atoms with Gasteiger partial charge in [0.25, 0.3) is 5.91 Å². The van der Waals surface area contributed by atoms with Gasteiger partial charge in [-0.1, -0.05) is 0 Å². The van der Waals surface area contributed by atoms with Gasteiger partial charge in [-0.2, -0.15) is 0 Å². The largest absolute Gasteiger partial charge is 0.491 e. The smallest absolute Gasteiger partial charge is 0.337 e. The summed E-state index contributed by atoms with van der Waals surface area (Å²) in [6.07, 6.45) is 3.31. The number of hydrogen-bond acceptors (Lipinski definition) is 5. The average Bonchev–Trinajstić information content (AvgIpc) is 2.59. The minimum absolute atomic E-state index is 0.00369. The number of hydrogen-bond donors (Lipinski definition) is 1. The summed E-state index contributed by atoms with van der Waals surface area (Å²) in [5.41, 5.74) is 0.933. The Kier molecular flexibility index (Phi) is 4.79. The maximum absolute atomic E-state index is 12.5. The molecule has 0 saturated carbocycles. The standard InChI is InChI=1S/C19H18N2O4/c1-12(2)24-14-3-4-15-16(10-18(22)25-17(15)9-14)19(23)21-11-13-5-7-20-8-6-13/h3-10,12H,11H2,1-2H3,(H,21,23). The molecule has 3 aromatic rings. The van der Waals surface area contributed by atoms with E-state index in [1.54, 1.807) is 30.6 Å². The fourth-order valence-electron chi connectivity index (χ4n) is 2.45. The summed E-state index contributed by atoms with van der Waals surface area (Å²) in [5, 5.41) is 3.36. The number of nitrogens with one attached hydrogen (secondary N) is 1. The fraction of sp³-hybridized carbons (Fsp3) is 0.211. The first-order valence-corrected chi connectivity index (χ1v) is 7.94. The second-order valence-electron chi connectivity index (χ2n) is 5.84. The van der Waals surface area contributed by atoms with Gasteiger partial charge in [-0.05, 0) is 43.7 Å². The Balaban J connectivity index is 1.89. The molecular formula is C19H18N2O4. The van der Waals surface area contributed by atoms with Gasteiger partial charge in [0.15, 0.2) is 0 Å². The molecule has 2 heterocycles. The third kappa shape index (κ3) is 4.03. The van der Waals surface area contributed by atoms with Crippen molar-refractivity contribution in [3.8, 4) is 5.75 Å². The highest BCUT2D eigenvalue weighted by molar-refractivity contribution is 6.05. The van der Waals surface area contributed by atoms with Gasteiger partial charge in [-0.25, -0.2) is 4.79 Å². The zero-order chi connectivity index (χ0) is 17.8. The molecule has 0 spiro atoms. The van der Waals surface area contributed by atoms with Gasteiger partial charge < -0.3 is 14.5 Å². The van der Waals surface area contributed by atoms with E-state index in [1.807, 2.05) is 26.0 Å². The Labute approximate surface area is 144 Å². The van der Waals surface area contributed by atoms with Crippen molar-refractivity contribution >= 4 is 16.9 Å². The van der Waals surface area contributed by atoms with E-state index in [4.69, 9.17) is 9.15 Å². The summed E-state index contributed by atoms with van der Waals surface area (Å²) in [6.45, 7) is 4.16. The number of nitrogens with zero attached hydrogens (tertiary/aromatic N) is 1. The molecule has 3 rings (SSSR count). The number of aromatic nitrogens is 1. The monoisotopic (exact) mass is 338 g/mol. The minimum atomic E-state index is -0.580. The third-order valence-corrected chi connectivity index (χ3v) is 3.53. The Morgan fingerprint density at radius 2 is 1.96 bits per heavy atom. The van der Waals surface area contributed by atoms with Gasteiger partial charge in [0.2, 0.25) is 0 Å². The van der Waals surface area contributed by atoms with Crippen LogP contribution in [0.25, 0.3) is 11.0 Å². The molecule has 1 N–H and O–H groups in total. The Hall–Kier alpha value is -3.15. The Bertz CT molecular complexity index is 949. The van der Waals surface area contributed by atoms with E-state index >= 15 is 0 Å². The summed E-state index contributed by atoms with van der Waals surface area (Å²) < 4.78 is 10.8. The molecule has 0 radical (unpaired) electrons. The van der Waals surface area contributed by atoms with E-state index in [-0.39, 0.29) is 17.6 Å². The van der Waals surface area contributed by atoms with Gasteiger partial charge in [0.05, 0.1) is 11.7 Å². The number of fused-ring (bicyclic) bond motifs is 1. The normalized spacial score (nSPS) is 10.8. The molecular weight excluding hydrogens is 320 g/mol. The van der Waals surface area contributed by atoms with Crippen LogP contribution in [0.15, 0.2) is 58.0 Å². The van der Waals surface area contributed by atoms with Crippen LogP contribution >= 0.6 is 0 Å². The van der Waals surface area contributed by atoms with Crippen LogP contribution in [0.3, 0.4) is 0 Å². The molecule has 6 nitrogen and oxygen atoms in total. The van der Waals surface area contributed by atoms with E-state index in [9.17, 15) is 9.59 Å². The maximum atomic E-state index is 12.5. The Morgan fingerprint density at radius 3 is 2.68 bits per heavy atom. The number of benzene rings is 1. The quantitative estimate of drug-likeness (QED) is 0.724. The van der Waals surface area contributed by atoms with Gasteiger partial charge in [-0.3, -0.25) is 9.78 Å². The molecule has 1 amide bonds.